The van der Waals surface area contributed by atoms with Crippen LogP contribution in [0.5, 0.6) is 0 Å². The lowest BCUT2D eigenvalue weighted by Gasteiger charge is -2.09. The third-order valence-corrected chi connectivity index (χ3v) is 2.12. The van der Waals surface area contributed by atoms with E-state index in [-0.39, 0.29) is 6.54 Å². The molecule has 2 amide bonds. The lowest BCUT2D eigenvalue weighted by atomic mass is 10.2. The molecule has 18 heavy (non-hydrogen) atoms. The van der Waals surface area contributed by atoms with E-state index in [2.05, 4.69) is 20.4 Å². The lowest BCUT2D eigenvalue weighted by molar-refractivity contribution is -0.115. The molecular weight excluding hydrogens is 241 g/mol. The number of nitrogens with zero attached hydrogens (tertiary/aromatic N) is 1. The Morgan fingerprint density at radius 2 is 2.22 bits per heavy atom. The van der Waals surface area contributed by atoms with Crippen molar-refractivity contribution in [2.75, 3.05) is 19.0 Å². The second-order valence-corrected chi connectivity index (χ2v) is 3.39. The number of aryl methyl sites for hydroxylation is 1. The Balaban J connectivity index is 2.63. The fourth-order valence-corrected chi connectivity index (χ4v) is 1.28. The number of rotatable bonds is 4. The average molecular weight is 255 g/mol. The molecule has 0 fully saturated rings. The van der Waals surface area contributed by atoms with Crippen LogP contribution in [0.25, 0.3) is 0 Å². The molecule has 0 unspecified atom stereocenters. The number of carbonyl (C=O) groups is 2. The van der Waals surface area contributed by atoms with Gasteiger partial charge in [-0.2, -0.15) is 0 Å². The molecule has 1 aromatic heterocycles. The van der Waals surface area contributed by atoms with Gasteiger partial charge in [-0.05, 0) is 6.42 Å². The van der Waals surface area contributed by atoms with Gasteiger partial charge in [0.2, 0.25) is 5.91 Å². The summed E-state index contributed by atoms with van der Waals surface area (Å²) in [6.45, 7) is 1.58. The minimum atomic E-state index is -0.710. The van der Waals surface area contributed by atoms with Crippen LogP contribution in [0.4, 0.5) is 14.9 Å². The number of hydrogen-bond acceptors (Lipinski definition) is 4. The summed E-state index contributed by atoms with van der Waals surface area (Å²) in [5.41, 5.74) is 0.872. The van der Waals surface area contributed by atoms with Crippen LogP contribution in [0.15, 0.2) is 12.3 Å². The number of hydrogen-bond donors (Lipinski definition) is 2. The predicted octanol–water partition coefficient (Wildman–Crippen LogP) is 1.08. The van der Waals surface area contributed by atoms with Crippen LogP contribution in [0.3, 0.4) is 0 Å². The predicted molar refractivity (Wildman–Crippen MR) is 62.6 cm³/mol. The van der Waals surface area contributed by atoms with E-state index in [1.165, 1.54) is 13.2 Å². The topological polar surface area (TPSA) is 80.3 Å². The van der Waals surface area contributed by atoms with Gasteiger partial charge in [-0.15, -0.1) is 0 Å². The van der Waals surface area contributed by atoms with E-state index >= 15 is 0 Å². The Bertz CT molecular complexity index is 451. The number of carbonyl (C=O) groups excluding carboxylic acids is 2. The molecule has 98 valence electrons. The first-order chi connectivity index (χ1) is 8.56. The maximum Gasteiger partial charge on any atom is 0.407 e. The summed E-state index contributed by atoms with van der Waals surface area (Å²) in [7, 11) is 1.19. The van der Waals surface area contributed by atoms with Crippen molar-refractivity contribution in [2.24, 2.45) is 0 Å². The molecular formula is C11H14FN3O3. The summed E-state index contributed by atoms with van der Waals surface area (Å²) in [4.78, 5) is 26.1. The molecule has 7 heteroatoms. The monoisotopic (exact) mass is 255 g/mol. The van der Waals surface area contributed by atoms with Gasteiger partial charge < -0.3 is 15.4 Å². The van der Waals surface area contributed by atoms with Gasteiger partial charge in [0.1, 0.15) is 12.4 Å². The highest BCUT2D eigenvalue weighted by Gasteiger charge is 2.09. The molecule has 0 aliphatic heterocycles. The summed E-state index contributed by atoms with van der Waals surface area (Å²) >= 11 is 0. The number of pyridine rings is 1. The number of aromatic nitrogens is 1. The normalized spacial score (nSPS) is 9.72. The van der Waals surface area contributed by atoms with Crippen molar-refractivity contribution in [2.45, 2.75) is 13.3 Å². The molecule has 2 N–H and O–H groups in total. The fraction of sp³-hybridized carbons (Fsp3) is 0.364. The van der Waals surface area contributed by atoms with Crippen LogP contribution in [0.1, 0.15) is 12.6 Å². The summed E-state index contributed by atoms with van der Waals surface area (Å²) in [6, 6.07) is 1.18. The molecule has 0 atom stereocenters. The molecule has 0 saturated carbocycles. The Hall–Kier alpha value is -2.18. The van der Waals surface area contributed by atoms with E-state index < -0.39 is 17.8 Å². The van der Waals surface area contributed by atoms with Crippen LogP contribution in [-0.4, -0.2) is 30.6 Å². The number of methoxy groups -OCH3 is 1. The van der Waals surface area contributed by atoms with Gasteiger partial charge in [-0.25, -0.2) is 9.18 Å². The standard InChI is InChI=1S/C11H14FN3O3/c1-3-8-9(4-7(12)5-13-8)15-10(16)6-14-11(17)18-2/h4-5H,3,6H2,1-2H3,(H,14,17)(H,15,16). The number of alkyl carbamates (subject to hydrolysis) is 1. The minimum Gasteiger partial charge on any atom is -0.453 e. The van der Waals surface area contributed by atoms with Gasteiger partial charge in [0.05, 0.1) is 24.7 Å². The van der Waals surface area contributed by atoms with E-state index in [9.17, 15) is 14.0 Å². The molecule has 6 nitrogen and oxygen atoms in total. The number of nitrogens with one attached hydrogen (secondary N) is 2. The first-order valence-corrected chi connectivity index (χ1v) is 5.33. The molecule has 0 radical (unpaired) electrons. The Morgan fingerprint density at radius 3 is 2.83 bits per heavy atom. The maximum absolute atomic E-state index is 13.0. The summed E-state index contributed by atoms with van der Waals surface area (Å²) in [6.07, 6.45) is 0.930. The molecule has 0 spiro atoms. The number of halogens is 1. The van der Waals surface area contributed by atoms with Crippen molar-refractivity contribution in [3.63, 3.8) is 0 Å². The van der Waals surface area contributed by atoms with Crippen molar-refractivity contribution in [1.82, 2.24) is 10.3 Å². The fourth-order valence-electron chi connectivity index (χ4n) is 1.28. The molecule has 1 heterocycles. The van der Waals surface area contributed by atoms with E-state index in [4.69, 9.17) is 0 Å². The molecule has 0 saturated heterocycles. The zero-order valence-corrected chi connectivity index (χ0v) is 10.1. The van der Waals surface area contributed by atoms with Gasteiger partial charge in [0, 0.05) is 6.07 Å². The molecule has 0 aliphatic rings. The summed E-state index contributed by atoms with van der Waals surface area (Å²) in [5, 5.41) is 4.69. The van der Waals surface area contributed by atoms with Crippen molar-refractivity contribution >= 4 is 17.7 Å². The highest BCUT2D eigenvalue weighted by molar-refractivity contribution is 5.94. The van der Waals surface area contributed by atoms with E-state index in [0.29, 0.717) is 17.8 Å². The Labute approximate surface area is 104 Å². The average Bonchev–Trinajstić information content (AvgIpc) is 2.36. The Kier molecular flexibility index (Phi) is 5.04. The largest absolute Gasteiger partial charge is 0.453 e. The third-order valence-electron chi connectivity index (χ3n) is 2.12. The van der Waals surface area contributed by atoms with Gasteiger partial charge in [0.15, 0.2) is 0 Å². The van der Waals surface area contributed by atoms with Crippen molar-refractivity contribution in [3.8, 4) is 0 Å². The van der Waals surface area contributed by atoms with Crippen LogP contribution in [-0.2, 0) is 16.0 Å². The summed E-state index contributed by atoms with van der Waals surface area (Å²) in [5.74, 6) is -1.02. The van der Waals surface area contributed by atoms with Gasteiger partial charge in [-0.3, -0.25) is 9.78 Å². The third kappa shape index (κ3) is 4.00. The maximum atomic E-state index is 13.0. The molecule has 1 aromatic rings. The lowest BCUT2D eigenvalue weighted by Crippen LogP contribution is -2.32. The van der Waals surface area contributed by atoms with Crippen LogP contribution in [0.2, 0.25) is 0 Å². The van der Waals surface area contributed by atoms with Crippen molar-refractivity contribution < 1.29 is 18.7 Å². The van der Waals surface area contributed by atoms with Crippen molar-refractivity contribution in [1.29, 1.82) is 0 Å². The number of anilines is 1. The molecule has 0 aromatic carbocycles. The summed E-state index contributed by atoms with van der Waals surface area (Å²) < 4.78 is 17.3. The van der Waals surface area contributed by atoms with E-state index in [0.717, 1.165) is 6.20 Å². The molecule has 1 rings (SSSR count). The smallest absolute Gasteiger partial charge is 0.407 e. The Morgan fingerprint density at radius 1 is 1.50 bits per heavy atom. The quantitative estimate of drug-likeness (QED) is 0.843. The zero-order valence-electron chi connectivity index (χ0n) is 10.1. The van der Waals surface area contributed by atoms with Gasteiger partial charge in [0.25, 0.3) is 0 Å². The SMILES string of the molecule is CCc1ncc(F)cc1NC(=O)CNC(=O)OC. The molecule has 0 aliphatic carbocycles. The first kappa shape index (κ1) is 13.9. The first-order valence-electron chi connectivity index (χ1n) is 5.33. The van der Waals surface area contributed by atoms with E-state index in [1.807, 2.05) is 6.92 Å². The number of ether oxygens (including phenoxy) is 1. The molecule has 0 bridgehead atoms. The highest BCUT2D eigenvalue weighted by atomic mass is 19.1. The second kappa shape index (κ2) is 6.53. The van der Waals surface area contributed by atoms with Gasteiger partial charge >= 0.3 is 6.09 Å². The number of amides is 2. The highest BCUT2D eigenvalue weighted by Crippen LogP contribution is 2.14. The van der Waals surface area contributed by atoms with Crippen molar-refractivity contribution in [3.05, 3.63) is 23.8 Å². The minimum absolute atomic E-state index is 0.258. The second-order valence-electron chi connectivity index (χ2n) is 3.39. The van der Waals surface area contributed by atoms with Crippen LogP contribution in [0, 0.1) is 5.82 Å². The van der Waals surface area contributed by atoms with Crippen LogP contribution < -0.4 is 10.6 Å². The van der Waals surface area contributed by atoms with E-state index in [1.54, 1.807) is 0 Å². The zero-order chi connectivity index (χ0) is 13.5. The van der Waals surface area contributed by atoms with Crippen LogP contribution >= 0.6 is 0 Å². The van der Waals surface area contributed by atoms with Gasteiger partial charge in [-0.1, -0.05) is 6.92 Å².